The smallest absolute Gasteiger partial charge is 0.261 e. The molecule has 0 amide bonds. The summed E-state index contributed by atoms with van der Waals surface area (Å²) in [5.74, 6) is -0.0509. The molecule has 0 fully saturated rings. The third kappa shape index (κ3) is 5.15. The molecular weight excluding hydrogens is 364 g/mol. The van der Waals surface area contributed by atoms with Gasteiger partial charge in [-0.25, -0.2) is 0 Å². The van der Waals surface area contributed by atoms with Crippen LogP contribution in [0.5, 0.6) is 0 Å². The third-order valence-corrected chi connectivity index (χ3v) is 10.1. The Hall–Kier alpha value is -2.30. The second-order valence-electron chi connectivity index (χ2n) is 8.09. The van der Waals surface area contributed by atoms with Gasteiger partial charge in [-0.15, -0.1) is 0 Å². The third-order valence-electron chi connectivity index (χ3n) is 4.95. The van der Waals surface area contributed by atoms with E-state index in [9.17, 15) is 9.59 Å². The van der Waals surface area contributed by atoms with E-state index in [1.165, 1.54) is 22.5 Å². The van der Waals surface area contributed by atoms with E-state index in [2.05, 4.69) is 69.3 Å². The second-order valence-corrected chi connectivity index (χ2v) is 12.3. The van der Waals surface area contributed by atoms with Crippen molar-refractivity contribution >= 4 is 30.8 Å². The zero-order chi connectivity index (χ0) is 20.6. The lowest BCUT2D eigenvalue weighted by molar-refractivity contribution is -0.115. The van der Waals surface area contributed by atoms with Crippen LogP contribution in [0.4, 0.5) is 0 Å². The Labute approximate surface area is 169 Å². The maximum absolute atomic E-state index is 11.9. The molecule has 3 nitrogen and oxygen atoms in total. The maximum Gasteiger partial charge on any atom is 0.261 e. The molecule has 0 saturated heterocycles. The van der Waals surface area contributed by atoms with Gasteiger partial charge in [-0.1, -0.05) is 81.4 Å². The molecule has 2 aromatic carbocycles. The average Bonchev–Trinajstić information content (AvgIpc) is 2.69. The highest BCUT2D eigenvalue weighted by molar-refractivity contribution is 6.99. The number of ketones is 1. The SMILES string of the molecule is C[C@@H](CCC(=O)/C=C/C=O)O[Si](c1ccccc1)(c1ccccc1)C(C)(C)C. The van der Waals surface area contributed by atoms with Crippen LogP contribution in [-0.2, 0) is 14.0 Å². The van der Waals surface area contributed by atoms with Gasteiger partial charge in [-0.3, -0.25) is 9.59 Å². The molecule has 0 unspecified atom stereocenters. The highest BCUT2D eigenvalue weighted by Crippen LogP contribution is 2.37. The van der Waals surface area contributed by atoms with Crippen LogP contribution >= 0.6 is 0 Å². The van der Waals surface area contributed by atoms with E-state index in [-0.39, 0.29) is 16.9 Å². The molecule has 0 aliphatic rings. The van der Waals surface area contributed by atoms with Crippen molar-refractivity contribution < 1.29 is 14.0 Å². The van der Waals surface area contributed by atoms with Crippen LogP contribution in [0.25, 0.3) is 0 Å². The van der Waals surface area contributed by atoms with Crippen molar-refractivity contribution in [1.29, 1.82) is 0 Å². The lowest BCUT2D eigenvalue weighted by Gasteiger charge is -2.44. The molecule has 28 heavy (non-hydrogen) atoms. The van der Waals surface area contributed by atoms with Crippen molar-refractivity contribution in [1.82, 2.24) is 0 Å². The predicted molar refractivity (Wildman–Crippen MR) is 118 cm³/mol. The fourth-order valence-electron chi connectivity index (χ4n) is 3.63. The van der Waals surface area contributed by atoms with E-state index in [0.717, 1.165) is 0 Å². The molecular formula is C24H30O3Si. The summed E-state index contributed by atoms with van der Waals surface area (Å²) in [6, 6.07) is 21.0. The number of hydrogen-bond donors (Lipinski definition) is 0. The molecule has 0 N–H and O–H groups in total. The molecule has 148 valence electrons. The van der Waals surface area contributed by atoms with E-state index in [0.29, 0.717) is 19.1 Å². The lowest BCUT2D eigenvalue weighted by Crippen LogP contribution is -2.67. The molecule has 0 radical (unpaired) electrons. The highest BCUT2D eigenvalue weighted by Gasteiger charge is 2.50. The van der Waals surface area contributed by atoms with Crippen LogP contribution in [0.2, 0.25) is 5.04 Å². The van der Waals surface area contributed by atoms with Crippen LogP contribution in [0, 0.1) is 0 Å². The van der Waals surface area contributed by atoms with Gasteiger partial charge in [0.1, 0.15) is 6.29 Å². The zero-order valence-corrected chi connectivity index (χ0v) is 18.2. The number of carbonyl (C=O) groups is 2. The van der Waals surface area contributed by atoms with Crippen molar-refractivity contribution in [2.24, 2.45) is 0 Å². The zero-order valence-electron chi connectivity index (χ0n) is 17.2. The molecule has 0 aliphatic heterocycles. The van der Waals surface area contributed by atoms with Gasteiger partial charge in [-0.2, -0.15) is 0 Å². The van der Waals surface area contributed by atoms with Gasteiger partial charge < -0.3 is 4.43 Å². The quantitative estimate of drug-likeness (QED) is 0.366. The summed E-state index contributed by atoms with van der Waals surface area (Å²) < 4.78 is 6.92. The van der Waals surface area contributed by atoms with Crippen molar-refractivity contribution in [3.8, 4) is 0 Å². The minimum Gasteiger partial charge on any atom is -0.405 e. The molecule has 2 aromatic rings. The predicted octanol–water partition coefficient (Wildman–Crippen LogP) is 4.06. The minimum absolute atomic E-state index is 0.0509. The van der Waals surface area contributed by atoms with Gasteiger partial charge in [0.25, 0.3) is 8.32 Å². The largest absolute Gasteiger partial charge is 0.405 e. The van der Waals surface area contributed by atoms with Gasteiger partial charge >= 0.3 is 0 Å². The Morgan fingerprint density at radius 1 is 1.00 bits per heavy atom. The Balaban J connectivity index is 2.40. The fourth-order valence-corrected chi connectivity index (χ4v) is 8.36. The minimum atomic E-state index is -2.60. The first-order valence-electron chi connectivity index (χ1n) is 9.75. The van der Waals surface area contributed by atoms with E-state index in [1.807, 2.05) is 19.1 Å². The van der Waals surface area contributed by atoms with E-state index in [1.54, 1.807) is 0 Å². The number of carbonyl (C=O) groups excluding carboxylic acids is 2. The van der Waals surface area contributed by atoms with Crippen molar-refractivity contribution in [2.45, 2.75) is 51.7 Å². The molecule has 0 saturated carbocycles. The van der Waals surface area contributed by atoms with E-state index >= 15 is 0 Å². The van der Waals surface area contributed by atoms with Gasteiger partial charge in [-0.05, 0) is 40.9 Å². The van der Waals surface area contributed by atoms with Crippen LogP contribution < -0.4 is 10.4 Å². The molecule has 0 heterocycles. The summed E-state index contributed by atoms with van der Waals surface area (Å²) in [6.45, 7) is 8.76. The summed E-state index contributed by atoms with van der Waals surface area (Å²) >= 11 is 0. The number of benzene rings is 2. The van der Waals surface area contributed by atoms with Crippen molar-refractivity contribution in [3.05, 3.63) is 72.8 Å². The van der Waals surface area contributed by atoms with Crippen LogP contribution in [0.3, 0.4) is 0 Å². The molecule has 2 rings (SSSR count). The Kier molecular flexibility index (Phi) is 7.66. The molecule has 1 atom stereocenters. The van der Waals surface area contributed by atoms with E-state index in [4.69, 9.17) is 4.43 Å². The topological polar surface area (TPSA) is 43.4 Å². The molecule has 4 heteroatoms. The summed E-state index contributed by atoms with van der Waals surface area (Å²) in [6.07, 6.45) is 4.11. The van der Waals surface area contributed by atoms with Gasteiger partial charge in [0.15, 0.2) is 5.78 Å². The second kappa shape index (κ2) is 9.76. The first-order valence-corrected chi connectivity index (χ1v) is 11.7. The Morgan fingerprint density at radius 3 is 1.93 bits per heavy atom. The fraction of sp³-hybridized carbons (Fsp3) is 0.333. The van der Waals surface area contributed by atoms with Crippen LogP contribution in [0.1, 0.15) is 40.5 Å². The number of aldehydes is 1. The van der Waals surface area contributed by atoms with Crippen molar-refractivity contribution in [2.75, 3.05) is 0 Å². The maximum atomic E-state index is 11.9. The summed E-state index contributed by atoms with van der Waals surface area (Å²) in [7, 11) is -2.60. The first kappa shape index (κ1) is 22.0. The average molecular weight is 395 g/mol. The highest BCUT2D eigenvalue weighted by atomic mass is 28.4. The molecule has 0 spiro atoms. The van der Waals surface area contributed by atoms with Crippen LogP contribution in [-0.4, -0.2) is 26.5 Å². The number of rotatable bonds is 9. The Bertz CT molecular complexity index is 752. The molecule has 0 bridgehead atoms. The standard InChI is InChI=1S/C24H30O3Si/c1-20(17-18-21(26)12-11-19-25)27-28(24(2,3)4,22-13-7-5-8-14-22)23-15-9-6-10-16-23/h5-16,19-20H,17-18H2,1-4H3/b12-11+/t20-/m0/s1. The lowest BCUT2D eigenvalue weighted by atomic mass is 10.1. The first-order chi connectivity index (χ1) is 13.3. The molecule has 0 aromatic heterocycles. The van der Waals surface area contributed by atoms with E-state index < -0.39 is 8.32 Å². The van der Waals surface area contributed by atoms with Gasteiger partial charge in [0.2, 0.25) is 0 Å². The van der Waals surface area contributed by atoms with Crippen LogP contribution in [0.15, 0.2) is 72.8 Å². The summed E-state index contributed by atoms with van der Waals surface area (Å²) in [4.78, 5) is 22.3. The number of allylic oxidation sites excluding steroid dienone is 2. The van der Waals surface area contributed by atoms with Gasteiger partial charge in [0, 0.05) is 12.5 Å². The summed E-state index contributed by atoms with van der Waals surface area (Å²) in [5.41, 5.74) is 0. The number of hydrogen-bond acceptors (Lipinski definition) is 3. The van der Waals surface area contributed by atoms with Crippen molar-refractivity contribution in [3.63, 3.8) is 0 Å². The summed E-state index contributed by atoms with van der Waals surface area (Å²) in [5, 5.41) is 2.37. The monoisotopic (exact) mass is 394 g/mol. The van der Waals surface area contributed by atoms with Gasteiger partial charge in [0.05, 0.1) is 0 Å². The molecule has 0 aliphatic carbocycles. The normalized spacial score (nSPS) is 13.4. The Morgan fingerprint density at radius 2 is 1.50 bits per heavy atom.